The fraction of sp³-hybridized carbons (Fsp3) is 0.743. The van der Waals surface area contributed by atoms with Crippen molar-refractivity contribution in [2.24, 2.45) is 45.8 Å². The molecule has 0 aliphatic heterocycles. The summed E-state index contributed by atoms with van der Waals surface area (Å²) in [5.41, 5.74) is 1.60. The SMILES string of the molecule is C=CC.CC1(C)C(O)CCC2(C)C1CCC1(C)C3CCC4(NC(=O)c5ccccc5)CCCC4C3CCC12. The minimum Gasteiger partial charge on any atom is -0.393 e. The number of carbonyl (C=O) groups is 1. The van der Waals surface area contributed by atoms with Gasteiger partial charge in [0, 0.05) is 11.1 Å². The van der Waals surface area contributed by atoms with Crippen molar-refractivity contribution in [1.29, 1.82) is 0 Å². The van der Waals surface area contributed by atoms with Crippen LogP contribution in [0.1, 0.15) is 116 Å². The molecule has 0 spiro atoms. The second-order valence-corrected chi connectivity index (χ2v) is 14.8. The number of aliphatic hydroxyl groups is 1. The Bertz CT molecular complexity index is 1020. The Labute approximate surface area is 232 Å². The van der Waals surface area contributed by atoms with Crippen LogP contribution in [0.5, 0.6) is 0 Å². The molecular formula is C35H53NO2. The lowest BCUT2D eigenvalue weighted by Gasteiger charge is -2.69. The van der Waals surface area contributed by atoms with Gasteiger partial charge in [-0.1, -0.05) is 58.4 Å². The van der Waals surface area contributed by atoms with Crippen LogP contribution >= 0.6 is 0 Å². The highest BCUT2D eigenvalue weighted by molar-refractivity contribution is 5.94. The number of hydrogen-bond acceptors (Lipinski definition) is 2. The lowest BCUT2D eigenvalue weighted by molar-refractivity contribution is -0.211. The number of rotatable bonds is 2. The molecule has 38 heavy (non-hydrogen) atoms. The van der Waals surface area contributed by atoms with E-state index in [1.807, 2.05) is 37.3 Å². The van der Waals surface area contributed by atoms with Gasteiger partial charge in [0.1, 0.15) is 0 Å². The zero-order valence-corrected chi connectivity index (χ0v) is 24.8. The fourth-order valence-electron chi connectivity index (χ4n) is 11.3. The number of nitrogens with one attached hydrogen (secondary N) is 1. The van der Waals surface area contributed by atoms with Crippen molar-refractivity contribution in [2.75, 3.05) is 0 Å². The smallest absolute Gasteiger partial charge is 0.251 e. The number of carbonyl (C=O) groups excluding carboxylic acids is 1. The summed E-state index contributed by atoms with van der Waals surface area (Å²) in [4.78, 5) is 13.3. The first-order valence-corrected chi connectivity index (χ1v) is 15.7. The first kappa shape index (κ1) is 27.9. The van der Waals surface area contributed by atoms with Crippen LogP contribution in [0.3, 0.4) is 0 Å². The number of fused-ring (bicyclic) bond motifs is 7. The van der Waals surface area contributed by atoms with Crippen LogP contribution in [0.25, 0.3) is 0 Å². The van der Waals surface area contributed by atoms with Crippen molar-refractivity contribution in [2.45, 2.75) is 117 Å². The molecule has 3 nitrogen and oxygen atoms in total. The van der Waals surface area contributed by atoms with Crippen LogP contribution in [0.4, 0.5) is 0 Å². The Hall–Kier alpha value is -1.61. The topological polar surface area (TPSA) is 49.3 Å². The number of hydrogen-bond donors (Lipinski definition) is 2. The Morgan fingerprint density at radius 2 is 1.55 bits per heavy atom. The van der Waals surface area contributed by atoms with Gasteiger partial charge < -0.3 is 10.4 Å². The molecule has 5 fully saturated rings. The van der Waals surface area contributed by atoms with Gasteiger partial charge in [-0.15, -0.1) is 6.58 Å². The quantitative estimate of drug-likeness (QED) is 0.387. The number of benzene rings is 1. The van der Waals surface area contributed by atoms with Gasteiger partial charge in [-0.25, -0.2) is 0 Å². The molecule has 2 N–H and O–H groups in total. The molecule has 9 atom stereocenters. The molecule has 0 radical (unpaired) electrons. The van der Waals surface area contributed by atoms with Gasteiger partial charge in [0.05, 0.1) is 6.10 Å². The minimum atomic E-state index is -0.150. The first-order valence-electron chi connectivity index (χ1n) is 15.7. The molecule has 1 amide bonds. The summed E-state index contributed by atoms with van der Waals surface area (Å²) < 4.78 is 0. The van der Waals surface area contributed by atoms with E-state index in [1.165, 1.54) is 51.4 Å². The van der Waals surface area contributed by atoms with Gasteiger partial charge in [-0.2, -0.15) is 0 Å². The van der Waals surface area contributed by atoms with E-state index in [-0.39, 0.29) is 23.0 Å². The standard InChI is InChI=1S/C32H47NO2.C3H6/c1-29(2)25-15-18-30(3)23-14-20-32(33-28(35)21-9-6-5-7-10-21)17-8-11-24(32)22(23)12-13-26(30)31(25,4)19-16-27(29)34;1-3-2/h5-7,9-10,22-27,34H,8,11-20H2,1-4H3,(H,33,35);3H,1H2,2H3. The Balaban J connectivity index is 0.000000937. The molecule has 0 saturated heterocycles. The van der Waals surface area contributed by atoms with Crippen LogP contribution in [0.2, 0.25) is 0 Å². The third-order valence-corrected chi connectivity index (χ3v) is 12.9. The van der Waals surface area contributed by atoms with Crippen molar-refractivity contribution in [3.8, 4) is 0 Å². The summed E-state index contributed by atoms with van der Waals surface area (Å²) in [6.07, 6.45) is 15.2. The molecule has 9 unspecified atom stereocenters. The largest absolute Gasteiger partial charge is 0.393 e. The lowest BCUT2D eigenvalue weighted by atomic mass is 9.36. The summed E-state index contributed by atoms with van der Waals surface area (Å²) in [5.74, 6) is 3.72. The average Bonchev–Trinajstić information content (AvgIpc) is 3.31. The van der Waals surface area contributed by atoms with Gasteiger partial charge in [0.15, 0.2) is 0 Å². The Morgan fingerprint density at radius 3 is 2.26 bits per heavy atom. The maximum Gasteiger partial charge on any atom is 0.251 e. The van der Waals surface area contributed by atoms with Gasteiger partial charge in [-0.05, 0) is 129 Å². The second-order valence-electron chi connectivity index (χ2n) is 14.8. The molecule has 1 aromatic rings. The van der Waals surface area contributed by atoms with E-state index in [9.17, 15) is 9.90 Å². The molecule has 3 heteroatoms. The highest BCUT2D eigenvalue weighted by Crippen LogP contribution is 2.72. The monoisotopic (exact) mass is 519 g/mol. The molecule has 0 aromatic heterocycles. The van der Waals surface area contributed by atoms with E-state index >= 15 is 0 Å². The molecule has 5 aliphatic carbocycles. The molecule has 1 aromatic carbocycles. The van der Waals surface area contributed by atoms with Crippen molar-refractivity contribution in [3.63, 3.8) is 0 Å². The molecule has 0 bridgehead atoms. The van der Waals surface area contributed by atoms with Gasteiger partial charge in [0.25, 0.3) is 5.91 Å². The van der Waals surface area contributed by atoms with Gasteiger partial charge >= 0.3 is 0 Å². The summed E-state index contributed by atoms with van der Waals surface area (Å²) >= 11 is 0. The summed E-state index contributed by atoms with van der Waals surface area (Å²) in [5, 5.41) is 14.5. The van der Waals surface area contributed by atoms with E-state index in [0.29, 0.717) is 22.7 Å². The zero-order valence-electron chi connectivity index (χ0n) is 24.8. The summed E-state index contributed by atoms with van der Waals surface area (Å²) in [6.45, 7) is 15.2. The molecule has 210 valence electrons. The maximum atomic E-state index is 13.3. The van der Waals surface area contributed by atoms with Gasteiger partial charge in [-0.3, -0.25) is 4.79 Å². The van der Waals surface area contributed by atoms with Crippen LogP contribution in [0.15, 0.2) is 43.0 Å². The van der Waals surface area contributed by atoms with E-state index in [2.05, 4.69) is 39.6 Å². The molecule has 5 aliphatic rings. The number of aliphatic hydroxyl groups excluding tert-OH is 1. The number of allylic oxidation sites excluding steroid dienone is 1. The third-order valence-electron chi connectivity index (χ3n) is 12.9. The minimum absolute atomic E-state index is 0.00926. The zero-order chi connectivity index (χ0) is 27.3. The van der Waals surface area contributed by atoms with Crippen LogP contribution in [-0.4, -0.2) is 22.7 Å². The predicted molar refractivity (Wildman–Crippen MR) is 157 cm³/mol. The van der Waals surface area contributed by atoms with Crippen LogP contribution in [0, 0.1) is 45.8 Å². The van der Waals surface area contributed by atoms with Crippen molar-refractivity contribution in [3.05, 3.63) is 48.6 Å². The van der Waals surface area contributed by atoms with E-state index in [4.69, 9.17) is 0 Å². The van der Waals surface area contributed by atoms with Crippen molar-refractivity contribution >= 4 is 5.91 Å². The average molecular weight is 520 g/mol. The van der Waals surface area contributed by atoms with Crippen LogP contribution < -0.4 is 5.32 Å². The molecular weight excluding hydrogens is 466 g/mol. The van der Waals surface area contributed by atoms with Gasteiger partial charge in [0.2, 0.25) is 0 Å². The van der Waals surface area contributed by atoms with E-state index in [1.54, 1.807) is 6.08 Å². The number of amides is 1. The molecule has 0 heterocycles. The summed E-state index contributed by atoms with van der Waals surface area (Å²) in [7, 11) is 0. The normalized spacial score (nSPS) is 44.7. The van der Waals surface area contributed by atoms with Crippen molar-refractivity contribution in [1.82, 2.24) is 5.32 Å². The van der Waals surface area contributed by atoms with E-state index in [0.717, 1.165) is 42.6 Å². The Morgan fingerprint density at radius 1 is 0.868 bits per heavy atom. The van der Waals surface area contributed by atoms with Crippen molar-refractivity contribution < 1.29 is 9.90 Å². The predicted octanol–water partition coefficient (Wildman–Crippen LogP) is 8.19. The molecule has 5 saturated carbocycles. The molecule has 6 rings (SSSR count). The highest BCUT2D eigenvalue weighted by Gasteiger charge is 2.66. The van der Waals surface area contributed by atoms with Crippen LogP contribution in [-0.2, 0) is 0 Å². The first-order chi connectivity index (χ1) is 18.0. The second kappa shape index (κ2) is 10.1. The third kappa shape index (κ3) is 4.21. The summed E-state index contributed by atoms with van der Waals surface area (Å²) in [6, 6.07) is 9.84. The maximum absolute atomic E-state index is 13.3. The lowest BCUT2D eigenvalue weighted by Crippen LogP contribution is -2.65. The van der Waals surface area contributed by atoms with E-state index < -0.39 is 0 Å². The fourth-order valence-corrected chi connectivity index (χ4v) is 11.3. The Kier molecular flexibility index (Phi) is 7.42. The highest BCUT2D eigenvalue weighted by atomic mass is 16.3.